The van der Waals surface area contributed by atoms with Crippen molar-refractivity contribution in [3.8, 4) is 11.6 Å². The van der Waals surface area contributed by atoms with Gasteiger partial charge >= 0.3 is 0 Å². The van der Waals surface area contributed by atoms with Crippen LogP contribution in [0.1, 0.15) is 32.3 Å². The van der Waals surface area contributed by atoms with E-state index in [1.54, 1.807) is 13.3 Å². The third kappa shape index (κ3) is 3.11. The van der Waals surface area contributed by atoms with Crippen molar-refractivity contribution < 1.29 is 9.47 Å². The maximum atomic E-state index is 5.68. The molecule has 0 spiro atoms. The highest BCUT2D eigenvalue weighted by atomic mass is 16.5. The lowest BCUT2D eigenvalue weighted by molar-refractivity contribution is 0.296. The Kier molecular flexibility index (Phi) is 4.40. The monoisotopic (exact) mass is 209 g/mol. The van der Waals surface area contributed by atoms with Crippen LogP contribution in [0.2, 0.25) is 0 Å². The number of hydrogen-bond acceptors (Lipinski definition) is 3. The number of nitrogens with zero attached hydrogens (tertiary/aromatic N) is 1. The summed E-state index contributed by atoms with van der Waals surface area (Å²) in [6, 6.07) is 1.89. The van der Waals surface area contributed by atoms with Crippen LogP contribution in [-0.4, -0.2) is 18.2 Å². The molecule has 1 fully saturated rings. The Morgan fingerprint density at radius 2 is 2.00 bits per heavy atom. The van der Waals surface area contributed by atoms with Gasteiger partial charge in [0.15, 0.2) is 0 Å². The molecule has 1 aromatic rings. The molecular weight excluding hydrogens is 190 g/mol. The van der Waals surface area contributed by atoms with Gasteiger partial charge in [0.2, 0.25) is 5.88 Å². The van der Waals surface area contributed by atoms with Crippen molar-refractivity contribution in [1.82, 2.24) is 4.98 Å². The first-order valence-electron chi connectivity index (χ1n) is 5.47. The van der Waals surface area contributed by atoms with Crippen LogP contribution in [-0.2, 0) is 0 Å². The van der Waals surface area contributed by atoms with Gasteiger partial charge in [0.05, 0.1) is 18.8 Å². The average molecular weight is 209 g/mol. The fourth-order valence-corrected chi connectivity index (χ4v) is 1.20. The Balaban J connectivity index is 0.000000531. The minimum atomic E-state index is 0.422. The fourth-order valence-electron chi connectivity index (χ4n) is 1.20. The second kappa shape index (κ2) is 5.59. The van der Waals surface area contributed by atoms with Crippen molar-refractivity contribution in [3.63, 3.8) is 0 Å². The van der Waals surface area contributed by atoms with Crippen molar-refractivity contribution in [3.05, 3.63) is 17.8 Å². The summed E-state index contributed by atoms with van der Waals surface area (Å²) < 4.78 is 10.8. The molecule has 1 heterocycles. The number of pyridine rings is 1. The molecule has 3 nitrogen and oxygen atoms in total. The summed E-state index contributed by atoms with van der Waals surface area (Å²) in [5, 5.41) is 0. The van der Waals surface area contributed by atoms with E-state index in [1.165, 1.54) is 12.8 Å². The number of ether oxygens (including phenoxy) is 2. The van der Waals surface area contributed by atoms with E-state index in [9.17, 15) is 0 Å². The van der Waals surface area contributed by atoms with Gasteiger partial charge in [0, 0.05) is 6.20 Å². The molecule has 0 unspecified atom stereocenters. The second-order valence-corrected chi connectivity index (χ2v) is 3.26. The zero-order chi connectivity index (χ0) is 11.3. The second-order valence-electron chi connectivity index (χ2n) is 3.26. The first-order chi connectivity index (χ1) is 7.31. The van der Waals surface area contributed by atoms with Crippen LogP contribution in [0.4, 0.5) is 0 Å². The van der Waals surface area contributed by atoms with Crippen LogP contribution in [0.5, 0.6) is 11.6 Å². The average Bonchev–Trinajstić information content (AvgIpc) is 3.08. The molecule has 1 aliphatic carbocycles. The molecule has 0 radical (unpaired) electrons. The molecule has 0 atom stereocenters. The molecule has 1 aromatic heterocycles. The van der Waals surface area contributed by atoms with E-state index in [1.807, 2.05) is 26.8 Å². The molecule has 1 aliphatic rings. The van der Waals surface area contributed by atoms with Crippen LogP contribution >= 0.6 is 0 Å². The lowest BCUT2D eigenvalue weighted by Crippen LogP contribution is -2.00. The first kappa shape index (κ1) is 11.8. The molecule has 1 saturated carbocycles. The predicted octanol–water partition coefficient (Wildman–Crippen LogP) is 2.97. The molecule has 0 aliphatic heterocycles. The predicted molar refractivity (Wildman–Crippen MR) is 60.5 cm³/mol. The smallest absolute Gasteiger partial charge is 0.219 e. The van der Waals surface area contributed by atoms with Crippen molar-refractivity contribution in [2.24, 2.45) is 0 Å². The van der Waals surface area contributed by atoms with Crippen LogP contribution in [0, 0.1) is 6.92 Å². The summed E-state index contributed by atoms with van der Waals surface area (Å²) in [7, 11) is 1.62. The Bertz CT molecular complexity index is 308. The summed E-state index contributed by atoms with van der Waals surface area (Å²) >= 11 is 0. The van der Waals surface area contributed by atoms with Gasteiger partial charge in [0.25, 0.3) is 0 Å². The standard InChI is InChI=1S/C10H13NO2.C2H6/c1-7-9(13-8-3-4-8)5-6-11-10(7)12-2;1-2/h5-6,8H,3-4H2,1-2H3;1-2H3. The molecular formula is C12H19NO2. The maximum absolute atomic E-state index is 5.68. The number of aromatic nitrogens is 1. The lowest BCUT2D eigenvalue weighted by atomic mass is 10.3. The SMILES string of the molecule is CC.COc1nccc(OC2CC2)c1C. The fraction of sp³-hybridized carbons (Fsp3) is 0.583. The summed E-state index contributed by atoms with van der Waals surface area (Å²) in [6.07, 6.45) is 4.48. The Morgan fingerprint density at radius 3 is 2.53 bits per heavy atom. The molecule has 0 amide bonds. The van der Waals surface area contributed by atoms with Crippen molar-refractivity contribution in [1.29, 1.82) is 0 Å². The Morgan fingerprint density at radius 1 is 1.33 bits per heavy atom. The third-order valence-electron chi connectivity index (χ3n) is 2.12. The zero-order valence-electron chi connectivity index (χ0n) is 9.91. The Hall–Kier alpha value is -1.25. The molecule has 0 bridgehead atoms. The maximum Gasteiger partial charge on any atom is 0.219 e. The van der Waals surface area contributed by atoms with Crippen molar-refractivity contribution in [2.75, 3.05) is 7.11 Å². The third-order valence-corrected chi connectivity index (χ3v) is 2.12. The van der Waals surface area contributed by atoms with E-state index in [2.05, 4.69) is 4.98 Å². The van der Waals surface area contributed by atoms with E-state index in [4.69, 9.17) is 9.47 Å². The van der Waals surface area contributed by atoms with Gasteiger partial charge in [-0.05, 0) is 25.8 Å². The molecule has 0 N–H and O–H groups in total. The largest absolute Gasteiger partial charge is 0.490 e. The minimum absolute atomic E-state index is 0.422. The molecule has 84 valence electrons. The number of rotatable bonds is 3. The van der Waals surface area contributed by atoms with Gasteiger partial charge in [-0.1, -0.05) is 13.8 Å². The molecule has 15 heavy (non-hydrogen) atoms. The van der Waals surface area contributed by atoms with Gasteiger partial charge in [-0.15, -0.1) is 0 Å². The van der Waals surface area contributed by atoms with E-state index < -0.39 is 0 Å². The van der Waals surface area contributed by atoms with Gasteiger partial charge in [-0.3, -0.25) is 0 Å². The van der Waals surface area contributed by atoms with E-state index in [0.29, 0.717) is 12.0 Å². The molecule has 0 saturated heterocycles. The van der Waals surface area contributed by atoms with Crippen LogP contribution in [0.15, 0.2) is 12.3 Å². The summed E-state index contributed by atoms with van der Waals surface area (Å²) in [5.74, 6) is 1.55. The number of methoxy groups -OCH3 is 1. The topological polar surface area (TPSA) is 31.4 Å². The minimum Gasteiger partial charge on any atom is -0.490 e. The Labute approximate surface area is 91.4 Å². The van der Waals surface area contributed by atoms with E-state index in [-0.39, 0.29) is 0 Å². The van der Waals surface area contributed by atoms with Gasteiger partial charge in [0.1, 0.15) is 5.75 Å². The van der Waals surface area contributed by atoms with Gasteiger partial charge in [-0.2, -0.15) is 0 Å². The lowest BCUT2D eigenvalue weighted by Gasteiger charge is -2.09. The highest BCUT2D eigenvalue weighted by Crippen LogP contribution is 2.31. The van der Waals surface area contributed by atoms with Gasteiger partial charge in [-0.25, -0.2) is 4.98 Å². The summed E-state index contributed by atoms with van der Waals surface area (Å²) in [6.45, 7) is 5.96. The van der Waals surface area contributed by atoms with E-state index >= 15 is 0 Å². The zero-order valence-corrected chi connectivity index (χ0v) is 9.91. The van der Waals surface area contributed by atoms with Crippen molar-refractivity contribution >= 4 is 0 Å². The van der Waals surface area contributed by atoms with Crippen molar-refractivity contribution in [2.45, 2.75) is 39.7 Å². The van der Waals surface area contributed by atoms with Gasteiger partial charge < -0.3 is 9.47 Å². The quantitative estimate of drug-likeness (QED) is 0.767. The first-order valence-corrected chi connectivity index (χ1v) is 5.47. The highest BCUT2D eigenvalue weighted by molar-refractivity contribution is 5.38. The summed E-state index contributed by atoms with van der Waals surface area (Å²) in [4.78, 5) is 4.08. The van der Waals surface area contributed by atoms with Crippen LogP contribution < -0.4 is 9.47 Å². The molecule has 2 rings (SSSR count). The van der Waals surface area contributed by atoms with Crippen LogP contribution in [0.25, 0.3) is 0 Å². The molecule has 0 aromatic carbocycles. The normalized spacial score (nSPS) is 13.9. The van der Waals surface area contributed by atoms with Crippen LogP contribution in [0.3, 0.4) is 0 Å². The highest BCUT2D eigenvalue weighted by Gasteiger charge is 2.24. The van der Waals surface area contributed by atoms with E-state index in [0.717, 1.165) is 11.3 Å². The molecule has 3 heteroatoms. The summed E-state index contributed by atoms with van der Waals surface area (Å²) in [5.41, 5.74) is 0.983. The number of hydrogen-bond donors (Lipinski definition) is 0.